The Morgan fingerprint density at radius 2 is 2.05 bits per heavy atom. The summed E-state index contributed by atoms with van der Waals surface area (Å²) in [6.07, 6.45) is 1.82. The molecule has 0 aliphatic rings. The van der Waals surface area contributed by atoms with Gasteiger partial charge in [0.05, 0.1) is 16.7 Å². The summed E-state index contributed by atoms with van der Waals surface area (Å²) in [6.45, 7) is 1.58. The maximum atomic E-state index is 14.3. The predicted molar refractivity (Wildman–Crippen MR) is 78.0 cm³/mol. The number of halogens is 1. The van der Waals surface area contributed by atoms with E-state index in [0.29, 0.717) is 28.7 Å². The molecule has 0 atom stereocenters. The molecule has 0 amide bonds. The van der Waals surface area contributed by atoms with E-state index in [0.717, 1.165) is 0 Å². The lowest BCUT2D eigenvalue weighted by Gasteiger charge is -2.06. The largest absolute Gasteiger partial charge is 0.483 e. The number of imidazole rings is 1. The molecule has 3 N–H and O–H groups in total. The maximum absolute atomic E-state index is 14.3. The van der Waals surface area contributed by atoms with E-state index in [4.69, 9.17) is 9.90 Å². The van der Waals surface area contributed by atoms with Gasteiger partial charge in [0.25, 0.3) is 6.47 Å². The first-order chi connectivity index (χ1) is 10.6. The van der Waals surface area contributed by atoms with Gasteiger partial charge in [0.15, 0.2) is 5.82 Å². The van der Waals surface area contributed by atoms with Crippen LogP contribution in [0.15, 0.2) is 29.3 Å². The normalized spacial score (nSPS) is 10.1. The molecule has 22 heavy (non-hydrogen) atoms. The van der Waals surface area contributed by atoms with Crippen LogP contribution in [-0.4, -0.2) is 31.5 Å². The Balaban J connectivity index is 0.000000545. The van der Waals surface area contributed by atoms with Crippen LogP contribution < -0.4 is 5.69 Å². The molecule has 3 aromatic rings. The summed E-state index contributed by atoms with van der Waals surface area (Å²) in [6, 6.07) is 5.21. The molecule has 1 aromatic carbocycles. The number of rotatable bonds is 2. The Bertz CT molecular complexity index is 857. The van der Waals surface area contributed by atoms with Gasteiger partial charge >= 0.3 is 5.69 Å². The summed E-state index contributed by atoms with van der Waals surface area (Å²) in [7, 11) is 0. The molecule has 0 aliphatic heterocycles. The smallest absolute Gasteiger partial charge is 0.323 e. The summed E-state index contributed by atoms with van der Waals surface area (Å²) < 4.78 is 14.3. The number of hydrogen-bond donors (Lipinski definition) is 3. The monoisotopic (exact) mass is 304 g/mol. The van der Waals surface area contributed by atoms with Crippen LogP contribution in [0.1, 0.15) is 12.6 Å². The molecule has 0 saturated carbocycles. The molecule has 0 saturated heterocycles. The minimum absolute atomic E-state index is 0.202. The fraction of sp³-hybridized carbons (Fsp3) is 0.143. The van der Waals surface area contributed by atoms with E-state index >= 15 is 0 Å². The number of H-pyrrole nitrogens is 2. The average Bonchev–Trinajstić information content (AvgIpc) is 2.88. The molecule has 0 unspecified atom stereocenters. The standard InChI is InChI=1S/C13H11FN4O.CH2O2/c1-2-8-10(14)12(16-6-15-8)7-4-3-5-9-11(7)18-13(19)17-9;2-1-3/h3-6H,2H2,1H3,(H2,17,18,19);1H,(H,2,3). The van der Waals surface area contributed by atoms with Gasteiger partial charge in [-0.2, -0.15) is 0 Å². The quantitative estimate of drug-likeness (QED) is 0.624. The van der Waals surface area contributed by atoms with Gasteiger partial charge in [-0.15, -0.1) is 0 Å². The highest BCUT2D eigenvalue weighted by molar-refractivity contribution is 5.90. The molecule has 0 aliphatic carbocycles. The van der Waals surface area contributed by atoms with Crippen LogP contribution in [0.4, 0.5) is 4.39 Å². The SMILES string of the molecule is CCc1ncnc(-c2cccc3[nH]c(=O)[nH]c23)c1F.O=CO. The Morgan fingerprint density at radius 3 is 2.73 bits per heavy atom. The van der Waals surface area contributed by atoms with Crippen molar-refractivity contribution in [2.24, 2.45) is 0 Å². The lowest BCUT2D eigenvalue weighted by Crippen LogP contribution is -2.01. The molecular formula is C14H13FN4O3. The second-order valence-corrected chi connectivity index (χ2v) is 4.25. The summed E-state index contributed by atoms with van der Waals surface area (Å²) in [5.74, 6) is -0.445. The Hall–Kier alpha value is -3.03. The third-order valence-corrected chi connectivity index (χ3v) is 3.00. The lowest BCUT2D eigenvalue weighted by molar-refractivity contribution is -0.122. The van der Waals surface area contributed by atoms with E-state index in [9.17, 15) is 9.18 Å². The molecular weight excluding hydrogens is 291 g/mol. The van der Waals surface area contributed by atoms with Crippen LogP contribution in [0.25, 0.3) is 22.3 Å². The van der Waals surface area contributed by atoms with Crippen LogP contribution in [0.2, 0.25) is 0 Å². The molecule has 0 radical (unpaired) electrons. The minimum Gasteiger partial charge on any atom is -0.483 e. The minimum atomic E-state index is -0.445. The summed E-state index contributed by atoms with van der Waals surface area (Å²) >= 11 is 0. The van der Waals surface area contributed by atoms with Gasteiger partial charge in [-0.3, -0.25) is 4.79 Å². The van der Waals surface area contributed by atoms with Crippen molar-refractivity contribution < 1.29 is 14.3 Å². The van der Waals surface area contributed by atoms with Crippen molar-refractivity contribution in [3.63, 3.8) is 0 Å². The van der Waals surface area contributed by atoms with Crippen LogP contribution in [0.5, 0.6) is 0 Å². The van der Waals surface area contributed by atoms with Gasteiger partial charge in [0.1, 0.15) is 12.0 Å². The number of carboxylic acid groups (broad SMARTS) is 1. The van der Waals surface area contributed by atoms with Crippen LogP contribution in [0, 0.1) is 5.82 Å². The van der Waals surface area contributed by atoms with E-state index in [2.05, 4.69) is 19.9 Å². The lowest BCUT2D eigenvalue weighted by atomic mass is 10.1. The van der Waals surface area contributed by atoms with Crippen molar-refractivity contribution in [1.29, 1.82) is 0 Å². The molecule has 0 bridgehead atoms. The fourth-order valence-electron chi connectivity index (χ4n) is 2.10. The van der Waals surface area contributed by atoms with E-state index < -0.39 is 5.82 Å². The first-order valence-corrected chi connectivity index (χ1v) is 6.41. The number of aryl methyl sites for hydroxylation is 1. The summed E-state index contributed by atoms with van der Waals surface area (Å²) in [5.41, 5.74) is 1.95. The molecule has 7 nitrogen and oxygen atoms in total. The predicted octanol–water partition coefficient (Wildman–Crippen LogP) is 1.72. The van der Waals surface area contributed by atoms with Crippen molar-refractivity contribution in [3.8, 4) is 11.3 Å². The number of para-hydroxylation sites is 1. The van der Waals surface area contributed by atoms with Crippen LogP contribution in [-0.2, 0) is 11.2 Å². The summed E-state index contributed by atoms with van der Waals surface area (Å²) in [4.78, 5) is 32.9. The molecule has 114 valence electrons. The number of benzene rings is 1. The van der Waals surface area contributed by atoms with Gasteiger partial charge in [-0.25, -0.2) is 19.2 Å². The highest BCUT2D eigenvalue weighted by atomic mass is 19.1. The third-order valence-electron chi connectivity index (χ3n) is 3.00. The zero-order chi connectivity index (χ0) is 16.1. The fourth-order valence-corrected chi connectivity index (χ4v) is 2.10. The van der Waals surface area contributed by atoms with Gasteiger partial charge in [0, 0.05) is 5.56 Å². The number of hydrogen-bond acceptors (Lipinski definition) is 4. The zero-order valence-electron chi connectivity index (χ0n) is 11.6. The Labute approximate surface area is 123 Å². The number of nitrogens with zero attached hydrogens (tertiary/aromatic N) is 2. The number of nitrogens with one attached hydrogen (secondary N) is 2. The van der Waals surface area contributed by atoms with Crippen molar-refractivity contribution in [3.05, 3.63) is 46.5 Å². The van der Waals surface area contributed by atoms with Crippen molar-refractivity contribution >= 4 is 17.5 Å². The number of aromatic amines is 2. The Morgan fingerprint density at radius 1 is 1.32 bits per heavy atom. The molecule has 0 fully saturated rings. The molecule has 3 rings (SSSR count). The maximum Gasteiger partial charge on any atom is 0.323 e. The third kappa shape index (κ3) is 2.85. The van der Waals surface area contributed by atoms with Crippen LogP contribution in [0.3, 0.4) is 0 Å². The number of aromatic nitrogens is 4. The average molecular weight is 304 g/mol. The molecule has 2 heterocycles. The Kier molecular flexibility index (Phi) is 4.62. The van der Waals surface area contributed by atoms with Gasteiger partial charge in [0.2, 0.25) is 0 Å². The van der Waals surface area contributed by atoms with E-state index in [-0.39, 0.29) is 17.9 Å². The van der Waals surface area contributed by atoms with Crippen molar-refractivity contribution in [1.82, 2.24) is 19.9 Å². The second kappa shape index (κ2) is 6.61. The first kappa shape index (κ1) is 15.4. The van der Waals surface area contributed by atoms with Crippen molar-refractivity contribution in [2.75, 3.05) is 0 Å². The molecule has 2 aromatic heterocycles. The summed E-state index contributed by atoms with van der Waals surface area (Å²) in [5, 5.41) is 6.89. The van der Waals surface area contributed by atoms with Gasteiger partial charge < -0.3 is 15.1 Å². The first-order valence-electron chi connectivity index (χ1n) is 6.41. The topological polar surface area (TPSA) is 112 Å². The number of fused-ring (bicyclic) bond motifs is 1. The zero-order valence-corrected chi connectivity index (χ0v) is 11.6. The van der Waals surface area contributed by atoms with E-state index in [1.807, 2.05) is 6.92 Å². The number of carbonyl (C=O) groups is 1. The highest BCUT2D eigenvalue weighted by Crippen LogP contribution is 2.26. The van der Waals surface area contributed by atoms with E-state index in [1.54, 1.807) is 18.2 Å². The van der Waals surface area contributed by atoms with Crippen LogP contribution >= 0.6 is 0 Å². The molecule has 8 heteroatoms. The second-order valence-electron chi connectivity index (χ2n) is 4.25. The van der Waals surface area contributed by atoms with Gasteiger partial charge in [-0.05, 0) is 12.5 Å². The van der Waals surface area contributed by atoms with Crippen molar-refractivity contribution in [2.45, 2.75) is 13.3 Å². The molecule has 0 spiro atoms. The van der Waals surface area contributed by atoms with Gasteiger partial charge in [-0.1, -0.05) is 19.1 Å². The highest BCUT2D eigenvalue weighted by Gasteiger charge is 2.15. The van der Waals surface area contributed by atoms with E-state index in [1.165, 1.54) is 6.33 Å².